The number of nitrogens with two attached hydrogens (primary N) is 1. The first kappa shape index (κ1) is 76.9. The van der Waals surface area contributed by atoms with Gasteiger partial charge in [-0.3, -0.25) is 63.2 Å². The second-order valence-corrected chi connectivity index (χ2v) is 26.0. The van der Waals surface area contributed by atoms with E-state index in [-0.39, 0.29) is 105 Å². The molecular formula is C67H97N13O14S. The molecule has 0 bridgehead atoms. The van der Waals surface area contributed by atoms with Crippen LogP contribution in [0.15, 0.2) is 72.1 Å². The molecule has 520 valence electrons. The van der Waals surface area contributed by atoms with Crippen molar-refractivity contribution in [1.82, 2.24) is 57.1 Å². The van der Waals surface area contributed by atoms with E-state index in [1.165, 1.54) is 19.1 Å². The molecule has 95 heavy (non-hydrogen) atoms. The Morgan fingerprint density at radius 1 is 0.768 bits per heavy atom. The standard InChI is InChI=1S/C67H97N13O14S/c1-11-42(6)58(75-62(88)51-24-17-19-33-78(51)9)65(90)79(10)52(40(2)3)37-53(94-44(8)81)64-73-50(39-95-64)61(87)71-48(36-45-21-14-12-15-22-45)35-43(7)59(85)76-77-67(92)93-38-46-26-28-47(29-27-46)70-60(86)49(23-20-32-69-66(68)91)72-63(89)57(41(4)5)74-54(82)25-16-13-18-34-80-55(83)30-31-56(80)84/h12,14-15,21-22,26-31,39-43,48-49,51-53,57-58H,11,13,16-20,23-25,32-38H2,1-10H3,(H,70,86)(H,71,87)(H,72,89)(H,74,82)(H,75,88)(H,76,85)(H,77,92)(H3,68,69,91)/t42-,43-,48+,49-,51+,52+,53+,57-,58-/m0/s1. The molecule has 0 saturated carbocycles. The zero-order valence-corrected chi connectivity index (χ0v) is 57.1. The van der Waals surface area contributed by atoms with Gasteiger partial charge in [0, 0.05) is 81.1 Å². The lowest BCUT2D eigenvalue weighted by molar-refractivity contribution is -0.149. The number of aromatic nitrogens is 1. The van der Waals surface area contributed by atoms with Gasteiger partial charge in [-0.05, 0) is 106 Å². The van der Waals surface area contributed by atoms with Gasteiger partial charge in [-0.2, -0.15) is 0 Å². The third-order valence-electron chi connectivity index (χ3n) is 16.9. The van der Waals surface area contributed by atoms with E-state index in [2.05, 4.69) is 47.7 Å². The molecule has 0 unspecified atom stereocenters. The second kappa shape index (κ2) is 38.5. The average Bonchev–Trinajstić information content (AvgIpc) is 1.82. The van der Waals surface area contributed by atoms with Gasteiger partial charge in [-0.15, -0.1) is 11.3 Å². The quantitative estimate of drug-likeness (QED) is 0.0151. The highest BCUT2D eigenvalue weighted by Gasteiger charge is 2.38. The molecule has 2 aliphatic heterocycles. The number of anilines is 1. The number of amides is 12. The minimum Gasteiger partial charge on any atom is -0.455 e. The molecule has 9 atom stereocenters. The highest BCUT2D eigenvalue weighted by atomic mass is 32.1. The average molecular weight is 1340 g/mol. The fourth-order valence-corrected chi connectivity index (χ4v) is 12.0. The molecule has 3 aromatic rings. The van der Waals surface area contributed by atoms with Crippen LogP contribution in [0.3, 0.4) is 0 Å². The number of thiazole rings is 1. The smallest absolute Gasteiger partial charge is 0.426 e. The maximum absolute atomic E-state index is 14.4. The number of likely N-dealkylation sites (tertiary alicyclic amines) is 1. The fraction of sp³-hybridized carbons (Fsp3) is 0.567. The summed E-state index contributed by atoms with van der Waals surface area (Å²) in [5, 5.41) is 18.7. The third-order valence-corrected chi connectivity index (χ3v) is 17.9. The van der Waals surface area contributed by atoms with Crippen molar-refractivity contribution in [2.75, 3.05) is 39.0 Å². The van der Waals surface area contributed by atoms with Crippen molar-refractivity contribution in [3.63, 3.8) is 0 Å². The van der Waals surface area contributed by atoms with E-state index in [0.29, 0.717) is 54.8 Å². The number of urea groups is 1. The van der Waals surface area contributed by atoms with Crippen molar-refractivity contribution in [3.05, 3.63) is 94.0 Å². The van der Waals surface area contributed by atoms with Crippen molar-refractivity contribution < 1.29 is 67.0 Å². The molecule has 1 fully saturated rings. The fourth-order valence-electron chi connectivity index (χ4n) is 11.2. The van der Waals surface area contributed by atoms with Crippen LogP contribution in [0, 0.1) is 23.7 Å². The second-order valence-electron chi connectivity index (χ2n) is 25.2. The zero-order chi connectivity index (χ0) is 69.9. The number of nitrogens with zero attached hydrogens (tertiary/aromatic N) is 4. The van der Waals surface area contributed by atoms with Gasteiger partial charge < -0.3 is 52.0 Å². The van der Waals surface area contributed by atoms with E-state index < -0.39 is 89.9 Å². The first-order chi connectivity index (χ1) is 45.1. The molecule has 28 heteroatoms. The number of unbranched alkanes of at least 4 members (excludes halogenated alkanes) is 2. The van der Waals surface area contributed by atoms with Gasteiger partial charge in [0.15, 0.2) is 6.10 Å². The normalized spacial score (nSPS) is 16.4. The van der Waals surface area contributed by atoms with Crippen LogP contribution in [0.5, 0.6) is 0 Å². The highest BCUT2D eigenvalue weighted by molar-refractivity contribution is 7.09. The summed E-state index contributed by atoms with van der Waals surface area (Å²) in [5.74, 6) is -5.92. The Kier molecular flexibility index (Phi) is 31.2. The Labute approximate surface area is 560 Å². The van der Waals surface area contributed by atoms with Gasteiger partial charge in [0.1, 0.15) is 35.4 Å². The number of imide groups is 1. The molecule has 3 heterocycles. The van der Waals surface area contributed by atoms with Crippen LogP contribution in [0.25, 0.3) is 0 Å². The third kappa shape index (κ3) is 25.1. The summed E-state index contributed by atoms with van der Waals surface area (Å²) < 4.78 is 11.2. The summed E-state index contributed by atoms with van der Waals surface area (Å²) in [6, 6.07) is 10.5. The minimum absolute atomic E-state index is 0.0477. The van der Waals surface area contributed by atoms with E-state index in [1.807, 2.05) is 70.0 Å². The number of carbonyl (C=O) groups is 12. The summed E-state index contributed by atoms with van der Waals surface area (Å²) in [6.07, 6.45) is 6.33. The van der Waals surface area contributed by atoms with Gasteiger partial charge in [0.2, 0.25) is 35.4 Å². The first-order valence-electron chi connectivity index (χ1n) is 32.7. The molecule has 0 aliphatic carbocycles. The van der Waals surface area contributed by atoms with Crippen LogP contribution in [0.4, 0.5) is 15.3 Å². The van der Waals surface area contributed by atoms with Crippen molar-refractivity contribution in [1.29, 1.82) is 0 Å². The van der Waals surface area contributed by atoms with E-state index in [1.54, 1.807) is 62.4 Å². The number of hydrogen-bond donors (Lipinski definition) is 9. The number of benzene rings is 2. The summed E-state index contributed by atoms with van der Waals surface area (Å²) in [4.78, 5) is 166. The van der Waals surface area contributed by atoms with Crippen LogP contribution in [-0.4, -0.2) is 161 Å². The summed E-state index contributed by atoms with van der Waals surface area (Å²) in [7, 11) is 3.61. The van der Waals surface area contributed by atoms with Gasteiger partial charge in [0.25, 0.3) is 17.7 Å². The van der Waals surface area contributed by atoms with Crippen LogP contribution >= 0.6 is 11.3 Å². The molecule has 1 saturated heterocycles. The molecule has 27 nitrogen and oxygen atoms in total. The summed E-state index contributed by atoms with van der Waals surface area (Å²) in [6.45, 7) is 15.1. The maximum atomic E-state index is 14.4. The Morgan fingerprint density at radius 3 is 2.09 bits per heavy atom. The Hall–Kier alpha value is -8.79. The number of rotatable bonds is 36. The van der Waals surface area contributed by atoms with Crippen molar-refractivity contribution in [3.8, 4) is 0 Å². The van der Waals surface area contributed by atoms with Gasteiger partial charge in [-0.25, -0.2) is 20.0 Å². The SMILES string of the molecule is CC[C@H](C)[C@H](NC(=O)[C@H]1CCCCN1C)C(=O)N(C)[C@H](C[C@@H](OC(C)=O)c1nc(C(=O)N[C@@H](Cc2ccccc2)C[C@H](C)C(=O)NNC(=O)OCc2ccc(NC(=O)[C@H](CCCNC(N)=O)NC(=O)[C@@H](NC(=O)CCCCCN3C(=O)C=CC3=O)C(C)C)cc2)cs1)C(C)C. The number of primary amides is 1. The highest BCUT2D eigenvalue weighted by Crippen LogP contribution is 2.32. The Balaban J connectivity index is 1.14. The molecule has 1 aromatic heterocycles. The molecule has 2 aliphatic rings. The van der Waals surface area contributed by atoms with Crippen LogP contribution < -0.4 is 48.5 Å². The van der Waals surface area contributed by atoms with Gasteiger partial charge in [0.05, 0.1) is 6.04 Å². The van der Waals surface area contributed by atoms with Gasteiger partial charge in [-0.1, -0.05) is 110 Å². The number of esters is 1. The number of likely N-dealkylation sites (N-methyl/N-ethyl adjacent to an activating group) is 2. The maximum Gasteiger partial charge on any atom is 0.426 e. The van der Waals surface area contributed by atoms with Crippen LogP contribution in [-0.2, 0) is 65.7 Å². The van der Waals surface area contributed by atoms with Crippen LogP contribution in [0.2, 0.25) is 0 Å². The van der Waals surface area contributed by atoms with E-state index in [9.17, 15) is 57.5 Å². The van der Waals surface area contributed by atoms with Crippen molar-refractivity contribution in [2.45, 2.75) is 188 Å². The lowest BCUT2D eigenvalue weighted by Crippen LogP contribution is -2.58. The summed E-state index contributed by atoms with van der Waals surface area (Å²) in [5.41, 5.74) is 11.6. The molecule has 5 rings (SSSR count). The molecule has 0 radical (unpaired) electrons. The number of nitrogens with one attached hydrogen (secondary N) is 8. The number of piperidine rings is 1. The van der Waals surface area contributed by atoms with Gasteiger partial charge >= 0.3 is 18.1 Å². The Morgan fingerprint density at radius 2 is 1.46 bits per heavy atom. The lowest BCUT2D eigenvalue weighted by Gasteiger charge is -2.38. The van der Waals surface area contributed by atoms with E-state index in [0.717, 1.165) is 41.2 Å². The Bertz CT molecular complexity index is 3130. The molecule has 2 aromatic carbocycles. The monoisotopic (exact) mass is 1340 g/mol. The van der Waals surface area contributed by atoms with E-state index >= 15 is 0 Å². The molecule has 12 amide bonds. The molecule has 10 N–H and O–H groups in total. The number of hydrogen-bond acceptors (Lipinski definition) is 17. The molecule has 0 spiro atoms. The predicted octanol–water partition coefficient (Wildman–Crippen LogP) is 5.46. The zero-order valence-electron chi connectivity index (χ0n) is 56.3. The lowest BCUT2D eigenvalue weighted by atomic mass is 9.92. The topological polar surface area (TPSA) is 368 Å². The number of ether oxygens (including phenoxy) is 2. The van der Waals surface area contributed by atoms with E-state index in [4.69, 9.17) is 15.2 Å². The summed E-state index contributed by atoms with van der Waals surface area (Å²) >= 11 is 1.13. The van der Waals surface area contributed by atoms with Crippen molar-refractivity contribution in [2.24, 2.45) is 29.4 Å². The van der Waals surface area contributed by atoms with Crippen LogP contribution in [0.1, 0.15) is 165 Å². The largest absolute Gasteiger partial charge is 0.455 e. The molecular weight excluding hydrogens is 1240 g/mol. The number of carbonyl (C=O) groups excluding carboxylic acids is 12. The minimum atomic E-state index is -1.11. The first-order valence-corrected chi connectivity index (χ1v) is 33.6. The van der Waals surface area contributed by atoms with Crippen molar-refractivity contribution >= 4 is 88.3 Å². The number of hydrazine groups is 1. The predicted molar refractivity (Wildman–Crippen MR) is 356 cm³/mol.